The third-order valence-electron chi connectivity index (χ3n) is 4.20. The SMILES string of the molecule is O=c1c2c(-c3ccccc3)csc2ncn1C[C@@H](O)c1ccccc1. The number of aliphatic hydroxyl groups excluding tert-OH is 1. The molecule has 1 atom stereocenters. The molecule has 0 saturated heterocycles. The first-order valence-corrected chi connectivity index (χ1v) is 8.87. The minimum Gasteiger partial charge on any atom is -0.387 e. The first-order valence-electron chi connectivity index (χ1n) is 7.99. The summed E-state index contributed by atoms with van der Waals surface area (Å²) >= 11 is 1.46. The Morgan fingerprint density at radius 3 is 2.44 bits per heavy atom. The summed E-state index contributed by atoms with van der Waals surface area (Å²) in [6.45, 7) is 0.176. The number of rotatable bonds is 4. The van der Waals surface area contributed by atoms with E-state index in [-0.39, 0.29) is 12.1 Å². The highest BCUT2D eigenvalue weighted by Gasteiger charge is 2.15. The number of aliphatic hydroxyl groups is 1. The summed E-state index contributed by atoms with van der Waals surface area (Å²) < 4.78 is 1.49. The Bertz CT molecular complexity index is 1060. The van der Waals surface area contributed by atoms with Gasteiger partial charge < -0.3 is 5.11 Å². The molecule has 5 heteroatoms. The molecule has 4 nitrogen and oxygen atoms in total. The zero-order valence-electron chi connectivity index (χ0n) is 13.4. The molecule has 0 saturated carbocycles. The van der Waals surface area contributed by atoms with Gasteiger partial charge in [0.1, 0.15) is 4.83 Å². The predicted octanol–water partition coefficient (Wildman–Crippen LogP) is 3.86. The molecule has 0 amide bonds. The zero-order valence-corrected chi connectivity index (χ0v) is 14.2. The normalized spacial score (nSPS) is 12.4. The molecular weight excluding hydrogens is 332 g/mol. The molecule has 2 heterocycles. The van der Waals surface area contributed by atoms with Gasteiger partial charge in [-0.05, 0) is 11.1 Å². The molecule has 0 fully saturated rings. The van der Waals surface area contributed by atoms with Crippen molar-refractivity contribution in [2.75, 3.05) is 0 Å². The summed E-state index contributed by atoms with van der Waals surface area (Å²) in [6.07, 6.45) is 0.763. The Kier molecular flexibility index (Phi) is 4.17. The van der Waals surface area contributed by atoms with Gasteiger partial charge in [-0.15, -0.1) is 11.3 Å². The van der Waals surface area contributed by atoms with E-state index in [0.717, 1.165) is 16.7 Å². The maximum atomic E-state index is 13.0. The summed E-state index contributed by atoms with van der Waals surface area (Å²) in [7, 11) is 0. The van der Waals surface area contributed by atoms with E-state index < -0.39 is 6.10 Å². The van der Waals surface area contributed by atoms with Crippen LogP contribution in [0.15, 0.2) is 77.2 Å². The molecule has 25 heavy (non-hydrogen) atoms. The second kappa shape index (κ2) is 6.63. The number of aromatic nitrogens is 2. The highest BCUT2D eigenvalue weighted by Crippen LogP contribution is 2.30. The van der Waals surface area contributed by atoms with Gasteiger partial charge >= 0.3 is 0 Å². The van der Waals surface area contributed by atoms with Gasteiger partial charge in [0, 0.05) is 10.9 Å². The number of nitrogens with zero attached hydrogens (tertiary/aromatic N) is 2. The highest BCUT2D eigenvalue weighted by atomic mass is 32.1. The number of thiophene rings is 1. The second-order valence-electron chi connectivity index (χ2n) is 5.82. The van der Waals surface area contributed by atoms with Crippen LogP contribution < -0.4 is 5.56 Å². The van der Waals surface area contributed by atoms with Gasteiger partial charge in [-0.3, -0.25) is 9.36 Å². The van der Waals surface area contributed by atoms with Crippen LogP contribution in [0.4, 0.5) is 0 Å². The first-order chi connectivity index (χ1) is 12.2. The van der Waals surface area contributed by atoms with E-state index in [4.69, 9.17) is 0 Å². The quantitative estimate of drug-likeness (QED) is 0.609. The van der Waals surface area contributed by atoms with Crippen LogP contribution in [0.3, 0.4) is 0 Å². The molecule has 2 aromatic heterocycles. The van der Waals surface area contributed by atoms with Crippen LogP contribution in [0.25, 0.3) is 21.3 Å². The molecule has 4 aromatic rings. The Labute approximate surface area is 148 Å². The lowest BCUT2D eigenvalue weighted by Gasteiger charge is -2.13. The van der Waals surface area contributed by atoms with Crippen molar-refractivity contribution in [3.63, 3.8) is 0 Å². The van der Waals surface area contributed by atoms with Crippen molar-refractivity contribution in [2.45, 2.75) is 12.6 Å². The lowest BCUT2D eigenvalue weighted by atomic mass is 10.1. The van der Waals surface area contributed by atoms with Crippen molar-refractivity contribution >= 4 is 21.6 Å². The van der Waals surface area contributed by atoms with Crippen molar-refractivity contribution in [3.8, 4) is 11.1 Å². The van der Waals surface area contributed by atoms with Crippen molar-refractivity contribution in [1.82, 2.24) is 9.55 Å². The fourth-order valence-corrected chi connectivity index (χ4v) is 3.80. The minimum atomic E-state index is -0.753. The molecule has 0 aliphatic carbocycles. The van der Waals surface area contributed by atoms with E-state index in [1.165, 1.54) is 22.2 Å². The number of fused-ring (bicyclic) bond motifs is 1. The van der Waals surface area contributed by atoms with E-state index >= 15 is 0 Å². The van der Waals surface area contributed by atoms with Crippen LogP contribution in [-0.2, 0) is 6.54 Å². The summed E-state index contributed by atoms with van der Waals surface area (Å²) in [5.74, 6) is 0. The summed E-state index contributed by atoms with van der Waals surface area (Å²) in [5.41, 5.74) is 2.54. The molecule has 4 rings (SSSR count). The van der Waals surface area contributed by atoms with E-state index in [2.05, 4.69) is 4.98 Å². The molecule has 1 N–H and O–H groups in total. The Morgan fingerprint density at radius 1 is 1.04 bits per heavy atom. The van der Waals surface area contributed by atoms with Crippen LogP contribution in [0.2, 0.25) is 0 Å². The largest absolute Gasteiger partial charge is 0.387 e. The predicted molar refractivity (Wildman–Crippen MR) is 101 cm³/mol. The Morgan fingerprint density at radius 2 is 1.72 bits per heavy atom. The highest BCUT2D eigenvalue weighted by molar-refractivity contribution is 7.17. The standard InChI is InChI=1S/C20H16N2O2S/c23-17(15-9-5-2-6-10-15)11-22-13-21-19-18(20(22)24)16(12-25-19)14-7-3-1-4-8-14/h1-10,12-13,17,23H,11H2/t17-/m1/s1. The fraction of sp³-hybridized carbons (Fsp3) is 0.100. The smallest absolute Gasteiger partial charge is 0.262 e. The van der Waals surface area contributed by atoms with Crippen molar-refractivity contribution in [2.24, 2.45) is 0 Å². The molecule has 2 aromatic carbocycles. The topological polar surface area (TPSA) is 55.1 Å². The lowest BCUT2D eigenvalue weighted by Crippen LogP contribution is -2.23. The third kappa shape index (κ3) is 2.99. The number of benzene rings is 2. The second-order valence-corrected chi connectivity index (χ2v) is 6.68. The number of hydrogen-bond donors (Lipinski definition) is 1. The summed E-state index contributed by atoms with van der Waals surface area (Å²) in [6, 6.07) is 19.2. The summed E-state index contributed by atoms with van der Waals surface area (Å²) in [4.78, 5) is 18.1. The lowest BCUT2D eigenvalue weighted by molar-refractivity contribution is 0.155. The van der Waals surface area contributed by atoms with E-state index in [1.807, 2.05) is 66.0 Å². The van der Waals surface area contributed by atoms with Crippen LogP contribution in [0, 0.1) is 0 Å². The molecule has 0 unspecified atom stereocenters. The van der Waals surface area contributed by atoms with E-state index in [1.54, 1.807) is 0 Å². The van der Waals surface area contributed by atoms with Gasteiger partial charge in [-0.2, -0.15) is 0 Å². The van der Waals surface area contributed by atoms with Crippen molar-refractivity contribution in [3.05, 3.63) is 88.3 Å². The Hall–Kier alpha value is -2.76. The van der Waals surface area contributed by atoms with Crippen LogP contribution in [0.5, 0.6) is 0 Å². The monoisotopic (exact) mass is 348 g/mol. The third-order valence-corrected chi connectivity index (χ3v) is 5.09. The maximum Gasteiger partial charge on any atom is 0.262 e. The Balaban J connectivity index is 1.76. The van der Waals surface area contributed by atoms with Crippen molar-refractivity contribution < 1.29 is 5.11 Å². The molecule has 0 bridgehead atoms. The molecule has 124 valence electrons. The van der Waals surface area contributed by atoms with E-state index in [9.17, 15) is 9.90 Å². The molecule has 0 spiro atoms. The van der Waals surface area contributed by atoms with Gasteiger partial charge in [-0.1, -0.05) is 60.7 Å². The van der Waals surface area contributed by atoms with Gasteiger partial charge in [0.2, 0.25) is 0 Å². The van der Waals surface area contributed by atoms with Gasteiger partial charge in [0.25, 0.3) is 5.56 Å². The summed E-state index contributed by atoms with van der Waals surface area (Å²) in [5, 5.41) is 13.0. The van der Waals surface area contributed by atoms with E-state index in [0.29, 0.717) is 10.2 Å². The molecule has 0 aliphatic heterocycles. The number of hydrogen-bond acceptors (Lipinski definition) is 4. The van der Waals surface area contributed by atoms with Gasteiger partial charge in [0.05, 0.1) is 24.4 Å². The maximum absolute atomic E-state index is 13.0. The fourth-order valence-electron chi connectivity index (χ4n) is 2.89. The zero-order chi connectivity index (χ0) is 17.2. The van der Waals surface area contributed by atoms with Gasteiger partial charge in [-0.25, -0.2) is 4.98 Å². The van der Waals surface area contributed by atoms with Crippen LogP contribution in [-0.4, -0.2) is 14.7 Å². The van der Waals surface area contributed by atoms with Crippen LogP contribution in [0.1, 0.15) is 11.7 Å². The average Bonchev–Trinajstić information content (AvgIpc) is 3.10. The van der Waals surface area contributed by atoms with Gasteiger partial charge in [0.15, 0.2) is 0 Å². The average molecular weight is 348 g/mol. The minimum absolute atomic E-state index is 0.125. The molecule has 0 radical (unpaired) electrons. The first kappa shape index (κ1) is 15.7. The van der Waals surface area contributed by atoms with Crippen LogP contribution >= 0.6 is 11.3 Å². The molecular formula is C20H16N2O2S. The molecule has 0 aliphatic rings. The van der Waals surface area contributed by atoms with Crippen molar-refractivity contribution in [1.29, 1.82) is 0 Å².